The van der Waals surface area contributed by atoms with Gasteiger partial charge in [-0.1, -0.05) is 0 Å². The Labute approximate surface area is 86.9 Å². The molecule has 0 atom stereocenters. The van der Waals surface area contributed by atoms with E-state index in [4.69, 9.17) is 4.74 Å². The van der Waals surface area contributed by atoms with E-state index in [2.05, 4.69) is 20.9 Å². The molecular weight excluding hydrogens is 232 g/mol. The summed E-state index contributed by atoms with van der Waals surface area (Å²) in [6.07, 6.45) is 1.78. The lowest BCUT2D eigenvalue weighted by Crippen LogP contribution is -2.23. The number of hydrogen-bond acceptors (Lipinski definition) is 3. The van der Waals surface area contributed by atoms with Crippen LogP contribution in [0.1, 0.15) is 0 Å². The fourth-order valence-electron chi connectivity index (χ4n) is 0.992. The Morgan fingerprint density at radius 1 is 1.62 bits per heavy atom. The van der Waals surface area contributed by atoms with Crippen LogP contribution in [0.3, 0.4) is 0 Å². The van der Waals surface area contributed by atoms with Crippen LogP contribution in [0.2, 0.25) is 0 Å². The molecule has 1 aromatic heterocycles. The molecule has 72 valence electrons. The van der Waals surface area contributed by atoms with E-state index in [1.807, 2.05) is 24.1 Å². The van der Waals surface area contributed by atoms with Gasteiger partial charge in [0.25, 0.3) is 0 Å². The molecule has 13 heavy (non-hydrogen) atoms. The summed E-state index contributed by atoms with van der Waals surface area (Å²) < 4.78 is 6.00. The molecule has 0 fully saturated rings. The van der Waals surface area contributed by atoms with Crippen LogP contribution in [0.4, 0.5) is 5.82 Å². The molecule has 0 saturated carbocycles. The molecule has 0 aliphatic carbocycles. The monoisotopic (exact) mass is 244 g/mol. The molecule has 0 aliphatic heterocycles. The highest BCUT2D eigenvalue weighted by atomic mass is 79.9. The molecule has 0 saturated heterocycles. The first-order valence-corrected chi connectivity index (χ1v) is 4.85. The topological polar surface area (TPSA) is 25.4 Å². The predicted molar refractivity (Wildman–Crippen MR) is 57.1 cm³/mol. The number of rotatable bonds is 4. The van der Waals surface area contributed by atoms with Gasteiger partial charge in [-0.05, 0) is 28.1 Å². The van der Waals surface area contributed by atoms with Crippen molar-refractivity contribution in [1.82, 2.24) is 4.98 Å². The molecule has 0 spiro atoms. The number of pyridine rings is 1. The number of hydrogen-bond donors (Lipinski definition) is 0. The molecule has 0 bridgehead atoms. The van der Waals surface area contributed by atoms with E-state index >= 15 is 0 Å². The van der Waals surface area contributed by atoms with Crippen LogP contribution in [-0.2, 0) is 4.74 Å². The molecule has 4 heteroatoms. The number of halogens is 1. The maximum absolute atomic E-state index is 4.99. The molecule has 1 aromatic rings. The van der Waals surface area contributed by atoms with Crippen LogP contribution in [0.5, 0.6) is 0 Å². The zero-order valence-corrected chi connectivity index (χ0v) is 9.41. The highest BCUT2D eigenvalue weighted by molar-refractivity contribution is 9.10. The quantitative estimate of drug-likeness (QED) is 0.810. The fourth-order valence-corrected chi connectivity index (χ4v) is 1.55. The number of ether oxygens (including phenoxy) is 1. The Bertz CT molecular complexity index is 268. The van der Waals surface area contributed by atoms with E-state index in [-0.39, 0.29) is 0 Å². The summed E-state index contributed by atoms with van der Waals surface area (Å²) in [5.41, 5.74) is 0. The van der Waals surface area contributed by atoms with Gasteiger partial charge < -0.3 is 9.64 Å². The minimum absolute atomic E-state index is 0.708. The van der Waals surface area contributed by atoms with Gasteiger partial charge in [0.15, 0.2) is 0 Å². The first kappa shape index (κ1) is 10.5. The smallest absolute Gasteiger partial charge is 0.142 e. The zero-order valence-electron chi connectivity index (χ0n) is 7.83. The standard InChI is InChI=1S/C9H13BrN2O/c1-12(6-7-13-2)9-8(10)4-3-5-11-9/h3-5H,6-7H2,1-2H3. The maximum atomic E-state index is 4.99. The lowest BCUT2D eigenvalue weighted by Gasteiger charge is -2.18. The van der Waals surface area contributed by atoms with Crippen LogP contribution >= 0.6 is 15.9 Å². The molecule has 3 nitrogen and oxygen atoms in total. The van der Waals surface area contributed by atoms with E-state index in [0.29, 0.717) is 6.61 Å². The van der Waals surface area contributed by atoms with E-state index < -0.39 is 0 Å². The summed E-state index contributed by atoms with van der Waals surface area (Å²) in [5.74, 6) is 0.944. The van der Waals surface area contributed by atoms with Gasteiger partial charge in [-0.2, -0.15) is 0 Å². The van der Waals surface area contributed by atoms with Crippen molar-refractivity contribution in [3.63, 3.8) is 0 Å². The average molecular weight is 245 g/mol. The van der Waals surface area contributed by atoms with Crippen LogP contribution in [0, 0.1) is 0 Å². The summed E-state index contributed by atoms with van der Waals surface area (Å²) in [5, 5.41) is 0. The van der Waals surface area contributed by atoms with Crippen LogP contribution in [-0.4, -0.2) is 32.3 Å². The average Bonchev–Trinajstić information content (AvgIpc) is 2.15. The Hall–Kier alpha value is -0.610. The highest BCUT2D eigenvalue weighted by Gasteiger charge is 2.04. The Balaban J connectivity index is 2.65. The first-order valence-electron chi connectivity index (χ1n) is 4.06. The third-order valence-electron chi connectivity index (χ3n) is 1.73. The molecule has 0 aromatic carbocycles. The number of nitrogens with zero attached hydrogens (tertiary/aromatic N) is 2. The largest absolute Gasteiger partial charge is 0.383 e. The minimum Gasteiger partial charge on any atom is -0.383 e. The third kappa shape index (κ3) is 2.97. The number of aromatic nitrogens is 1. The van der Waals surface area contributed by atoms with E-state index in [9.17, 15) is 0 Å². The molecule has 0 radical (unpaired) electrons. The van der Waals surface area contributed by atoms with E-state index in [1.165, 1.54) is 0 Å². The van der Waals surface area contributed by atoms with Crippen molar-refractivity contribution in [2.45, 2.75) is 0 Å². The first-order chi connectivity index (χ1) is 6.25. The molecule has 0 N–H and O–H groups in total. The maximum Gasteiger partial charge on any atom is 0.142 e. The Morgan fingerprint density at radius 2 is 2.38 bits per heavy atom. The van der Waals surface area contributed by atoms with Gasteiger partial charge in [-0.15, -0.1) is 0 Å². The Kier molecular flexibility index (Phi) is 4.18. The lowest BCUT2D eigenvalue weighted by atomic mass is 10.4. The van der Waals surface area contributed by atoms with Crippen molar-refractivity contribution in [3.8, 4) is 0 Å². The van der Waals surface area contributed by atoms with Gasteiger partial charge in [-0.25, -0.2) is 4.98 Å². The van der Waals surface area contributed by atoms with Gasteiger partial charge in [0.05, 0.1) is 11.1 Å². The summed E-state index contributed by atoms with van der Waals surface area (Å²) in [6, 6.07) is 3.88. The SMILES string of the molecule is COCCN(C)c1ncccc1Br. The molecular formula is C9H13BrN2O. The van der Waals surface area contributed by atoms with Gasteiger partial charge in [0.2, 0.25) is 0 Å². The van der Waals surface area contributed by atoms with E-state index in [0.717, 1.165) is 16.8 Å². The molecule has 0 amide bonds. The minimum atomic E-state index is 0.708. The van der Waals surface area contributed by atoms with Crippen LogP contribution in [0.15, 0.2) is 22.8 Å². The molecule has 1 heterocycles. The lowest BCUT2D eigenvalue weighted by molar-refractivity contribution is 0.206. The fraction of sp³-hybridized carbons (Fsp3) is 0.444. The summed E-state index contributed by atoms with van der Waals surface area (Å²) in [4.78, 5) is 6.30. The van der Waals surface area contributed by atoms with Crippen molar-refractivity contribution in [1.29, 1.82) is 0 Å². The Morgan fingerprint density at radius 3 is 3.00 bits per heavy atom. The third-order valence-corrected chi connectivity index (χ3v) is 2.35. The van der Waals surface area contributed by atoms with Crippen molar-refractivity contribution in [2.24, 2.45) is 0 Å². The van der Waals surface area contributed by atoms with Gasteiger partial charge in [-0.3, -0.25) is 0 Å². The van der Waals surface area contributed by atoms with Crippen molar-refractivity contribution >= 4 is 21.7 Å². The number of methoxy groups -OCH3 is 1. The second kappa shape index (κ2) is 5.19. The zero-order chi connectivity index (χ0) is 9.68. The summed E-state index contributed by atoms with van der Waals surface area (Å²) in [6.45, 7) is 1.55. The highest BCUT2D eigenvalue weighted by Crippen LogP contribution is 2.21. The number of likely N-dealkylation sites (N-methyl/N-ethyl adjacent to an activating group) is 1. The molecule has 0 aliphatic rings. The van der Waals surface area contributed by atoms with Gasteiger partial charge >= 0.3 is 0 Å². The second-order valence-corrected chi connectivity index (χ2v) is 3.58. The van der Waals surface area contributed by atoms with Gasteiger partial charge in [0.1, 0.15) is 5.82 Å². The molecule has 0 unspecified atom stereocenters. The van der Waals surface area contributed by atoms with Crippen LogP contribution < -0.4 is 4.90 Å². The normalized spacial score (nSPS) is 10.1. The van der Waals surface area contributed by atoms with Crippen molar-refractivity contribution in [3.05, 3.63) is 22.8 Å². The predicted octanol–water partition coefficient (Wildman–Crippen LogP) is 1.93. The van der Waals surface area contributed by atoms with Crippen molar-refractivity contribution < 1.29 is 4.74 Å². The summed E-state index contributed by atoms with van der Waals surface area (Å²) >= 11 is 3.44. The second-order valence-electron chi connectivity index (χ2n) is 2.72. The van der Waals surface area contributed by atoms with Gasteiger partial charge in [0, 0.05) is 26.9 Å². The van der Waals surface area contributed by atoms with Crippen LogP contribution in [0.25, 0.3) is 0 Å². The molecule has 1 rings (SSSR count). The number of anilines is 1. The van der Waals surface area contributed by atoms with E-state index in [1.54, 1.807) is 13.3 Å². The summed E-state index contributed by atoms with van der Waals surface area (Å²) in [7, 11) is 3.69. The van der Waals surface area contributed by atoms with Crippen molar-refractivity contribution in [2.75, 3.05) is 32.2 Å².